The summed E-state index contributed by atoms with van der Waals surface area (Å²) in [6.45, 7) is 1.82. The van der Waals surface area contributed by atoms with Crippen LogP contribution in [0.25, 0.3) is 5.69 Å². The van der Waals surface area contributed by atoms with E-state index >= 15 is 0 Å². The number of hydrogen-bond donors (Lipinski definition) is 1. The lowest BCUT2D eigenvalue weighted by molar-refractivity contribution is -0.274. The van der Waals surface area contributed by atoms with Crippen LogP contribution in [0.1, 0.15) is 29.1 Å². The third-order valence-electron chi connectivity index (χ3n) is 3.57. The van der Waals surface area contributed by atoms with E-state index in [4.69, 9.17) is 0 Å². The maximum absolute atomic E-state index is 12.2. The zero-order valence-corrected chi connectivity index (χ0v) is 14.0. The molecule has 0 unspecified atom stereocenters. The first-order valence-corrected chi connectivity index (χ1v) is 7.84. The Balaban J connectivity index is 1.68. The molecular formula is C17H14F3N5O2. The molecular weight excluding hydrogens is 363 g/mol. The van der Waals surface area contributed by atoms with Gasteiger partial charge in [0.25, 0.3) is 11.7 Å². The molecule has 0 fully saturated rings. The Kier molecular flexibility index (Phi) is 5.06. The average Bonchev–Trinajstić information content (AvgIpc) is 3.12. The van der Waals surface area contributed by atoms with Crippen LogP contribution in [0.2, 0.25) is 0 Å². The fourth-order valence-corrected chi connectivity index (χ4v) is 2.28. The fourth-order valence-electron chi connectivity index (χ4n) is 2.28. The topological polar surface area (TPSA) is 81.9 Å². The lowest BCUT2D eigenvalue weighted by Gasteiger charge is -2.12. The van der Waals surface area contributed by atoms with Crippen LogP contribution in [-0.4, -0.2) is 32.5 Å². The highest BCUT2D eigenvalue weighted by atomic mass is 19.4. The second kappa shape index (κ2) is 7.44. The fraction of sp³-hybridized carbons (Fsp3) is 0.176. The number of tetrazole rings is 1. The summed E-state index contributed by atoms with van der Waals surface area (Å²) in [5, 5.41) is 14.1. The standard InChI is InChI=1S/C17H14F3N5O2/c1-11(12-5-3-2-4-6-12)21-16(26)15-22-24-25(23-15)13-7-9-14(10-8-13)27-17(18,19)20/h2-11H,1H3,(H,21,26)/t11-/m0/s1. The van der Waals surface area contributed by atoms with Crippen LogP contribution in [0.3, 0.4) is 0 Å². The Morgan fingerprint density at radius 2 is 1.78 bits per heavy atom. The highest BCUT2D eigenvalue weighted by Crippen LogP contribution is 2.23. The smallest absolute Gasteiger partial charge is 0.406 e. The molecule has 0 spiro atoms. The van der Waals surface area contributed by atoms with Crippen LogP contribution in [-0.2, 0) is 0 Å². The number of nitrogens with one attached hydrogen (secondary N) is 1. The Bertz CT molecular complexity index is 910. The summed E-state index contributed by atoms with van der Waals surface area (Å²) in [6, 6.07) is 13.9. The maximum Gasteiger partial charge on any atom is 0.573 e. The van der Waals surface area contributed by atoms with E-state index in [1.54, 1.807) is 0 Å². The molecule has 1 aromatic heterocycles. The molecule has 1 atom stereocenters. The lowest BCUT2D eigenvalue weighted by Crippen LogP contribution is -2.27. The number of carbonyl (C=O) groups excluding carboxylic acids is 1. The van der Waals surface area contributed by atoms with Crippen molar-refractivity contribution in [3.63, 3.8) is 0 Å². The number of nitrogens with zero attached hydrogens (tertiary/aromatic N) is 4. The zero-order chi connectivity index (χ0) is 19.4. The Hall–Kier alpha value is -3.43. The molecule has 0 bridgehead atoms. The van der Waals surface area contributed by atoms with Crippen molar-refractivity contribution in [3.05, 3.63) is 66.0 Å². The highest BCUT2D eigenvalue weighted by molar-refractivity contribution is 5.90. The minimum Gasteiger partial charge on any atom is -0.406 e. The van der Waals surface area contributed by atoms with Crippen molar-refractivity contribution in [2.75, 3.05) is 0 Å². The number of ether oxygens (including phenoxy) is 1. The summed E-state index contributed by atoms with van der Waals surface area (Å²) in [5.41, 5.74) is 1.24. The quantitative estimate of drug-likeness (QED) is 0.739. The van der Waals surface area contributed by atoms with Crippen molar-refractivity contribution in [1.82, 2.24) is 25.5 Å². The summed E-state index contributed by atoms with van der Waals surface area (Å²) in [7, 11) is 0. The molecule has 1 N–H and O–H groups in total. The molecule has 3 rings (SSSR count). The minimum atomic E-state index is -4.77. The van der Waals surface area contributed by atoms with Crippen LogP contribution in [0, 0.1) is 0 Å². The Morgan fingerprint density at radius 3 is 2.41 bits per heavy atom. The molecule has 140 valence electrons. The summed E-state index contributed by atoms with van der Waals surface area (Å²) < 4.78 is 40.3. The van der Waals surface area contributed by atoms with E-state index in [-0.39, 0.29) is 17.6 Å². The van der Waals surface area contributed by atoms with Crippen LogP contribution >= 0.6 is 0 Å². The minimum absolute atomic E-state index is 0.159. The second-order valence-electron chi connectivity index (χ2n) is 5.55. The van der Waals surface area contributed by atoms with Gasteiger partial charge >= 0.3 is 6.36 Å². The molecule has 0 radical (unpaired) electrons. The molecule has 0 saturated carbocycles. The van der Waals surface area contributed by atoms with E-state index in [9.17, 15) is 18.0 Å². The Morgan fingerprint density at radius 1 is 1.11 bits per heavy atom. The summed E-state index contributed by atoms with van der Waals surface area (Å²) in [6.07, 6.45) is -4.77. The normalized spacial score (nSPS) is 12.4. The first kappa shape index (κ1) is 18.4. The number of aromatic nitrogens is 4. The number of rotatable bonds is 5. The molecule has 3 aromatic rings. The molecule has 0 aliphatic heterocycles. The molecule has 1 heterocycles. The molecule has 10 heteroatoms. The van der Waals surface area contributed by atoms with Crippen molar-refractivity contribution >= 4 is 5.91 Å². The zero-order valence-electron chi connectivity index (χ0n) is 14.0. The van der Waals surface area contributed by atoms with Gasteiger partial charge in [0.1, 0.15) is 5.75 Å². The number of halogens is 3. The van der Waals surface area contributed by atoms with Crippen molar-refractivity contribution in [2.24, 2.45) is 0 Å². The summed E-state index contributed by atoms with van der Waals surface area (Å²) in [5.74, 6) is -1.05. The van der Waals surface area contributed by atoms with Gasteiger partial charge in [-0.05, 0) is 42.0 Å². The van der Waals surface area contributed by atoms with E-state index in [1.807, 2.05) is 37.3 Å². The van der Waals surface area contributed by atoms with Crippen LogP contribution in [0.15, 0.2) is 54.6 Å². The Labute approximate surface area is 151 Å². The van der Waals surface area contributed by atoms with E-state index in [2.05, 4.69) is 25.5 Å². The van der Waals surface area contributed by atoms with Gasteiger partial charge in [-0.1, -0.05) is 30.3 Å². The van der Waals surface area contributed by atoms with Crippen molar-refractivity contribution in [1.29, 1.82) is 0 Å². The first-order chi connectivity index (χ1) is 12.8. The van der Waals surface area contributed by atoms with E-state index in [0.717, 1.165) is 22.5 Å². The van der Waals surface area contributed by atoms with E-state index in [0.29, 0.717) is 5.69 Å². The average molecular weight is 377 g/mol. The van der Waals surface area contributed by atoms with Gasteiger partial charge in [0.15, 0.2) is 0 Å². The van der Waals surface area contributed by atoms with E-state index in [1.165, 1.54) is 12.1 Å². The van der Waals surface area contributed by atoms with Gasteiger partial charge in [-0.2, -0.15) is 0 Å². The van der Waals surface area contributed by atoms with Crippen molar-refractivity contribution in [2.45, 2.75) is 19.3 Å². The SMILES string of the molecule is C[C@H](NC(=O)c1nnn(-c2ccc(OC(F)(F)F)cc2)n1)c1ccccc1. The van der Waals surface area contributed by atoms with E-state index < -0.39 is 12.3 Å². The van der Waals surface area contributed by atoms with Gasteiger partial charge in [-0.25, -0.2) is 0 Å². The van der Waals surface area contributed by atoms with Gasteiger partial charge in [0.05, 0.1) is 11.7 Å². The predicted molar refractivity (Wildman–Crippen MR) is 88.2 cm³/mol. The largest absolute Gasteiger partial charge is 0.573 e. The second-order valence-corrected chi connectivity index (χ2v) is 5.55. The molecule has 0 saturated heterocycles. The predicted octanol–water partition coefficient (Wildman–Crippen LogP) is 3.05. The monoisotopic (exact) mass is 377 g/mol. The van der Waals surface area contributed by atoms with Crippen molar-refractivity contribution < 1.29 is 22.7 Å². The molecule has 2 aromatic carbocycles. The van der Waals surface area contributed by atoms with Gasteiger partial charge in [0, 0.05) is 0 Å². The lowest BCUT2D eigenvalue weighted by atomic mass is 10.1. The number of hydrogen-bond acceptors (Lipinski definition) is 5. The third-order valence-corrected chi connectivity index (χ3v) is 3.57. The summed E-state index contributed by atoms with van der Waals surface area (Å²) >= 11 is 0. The first-order valence-electron chi connectivity index (χ1n) is 7.84. The number of alkyl halides is 3. The van der Waals surface area contributed by atoms with Crippen molar-refractivity contribution in [3.8, 4) is 11.4 Å². The van der Waals surface area contributed by atoms with Gasteiger partial charge in [0.2, 0.25) is 0 Å². The molecule has 0 aliphatic rings. The van der Waals surface area contributed by atoms with Gasteiger partial charge in [-0.15, -0.1) is 28.2 Å². The summed E-state index contributed by atoms with van der Waals surface area (Å²) in [4.78, 5) is 13.3. The van der Waals surface area contributed by atoms with Crippen LogP contribution < -0.4 is 10.1 Å². The number of carbonyl (C=O) groups is 1. The number of amides is 1. The van der Waals surface area contributed by atoms with Crippen LogP contribution in [0.4, 0.5) is 13.2 Å². The van der Waals surface area contributed by atoms with Gasteiger partial charge < -0.3 is 10.1 Å². The molecule has 27 heavy (non-hydrogen) atoms. The maximum atomic E-state index is 12.2. The molecule has 7 nitrogen and oxygen atoms in total. The molecule has 1 amide bonds. The number of benzene rings is 2. The van der Waals surface area contributed by atoms with Crippen LogP contribution in [0.5, 0.6) is 5.75 Å². The highest BCUT2D eigenvalue weighted by Gasteiger charge is 2.31. The third kappa shape index (κ3) is 4.81. The van der Waals surface area contributed by atoms with Gasteiger partial charge in [-0.3, -0.25) is 4.79 Å². The molecule has 0 aliphatic carbocycles.